The Morgan fingerprint density at radius 3 is 2.71 bits per heavy atom. The van der Waals surface area contributed by atoms with Gasteiger partial charge in [-0.3, -0.25) is 9.56 Å². The third-order valence-corrected chi connectivity index (χ3v) is 4.72. The molecular formula is C20H30N6O2. The summed E-state index contributed by atoms with van der Waals surface area (Å²) in [4.78, 5) is 16.5. The van der Waals surface area contributed by atoms with E-state index in [2.05, 4.69) is 20.7 Å². The molecule has 1 aliphatic heterocycles. The summed E-state index contributed by atoms with van der Waals surface area (Å²) in [6, 6.07) is 9.81. The second-order valence-corrected chi connectivity index (χ2v) is 6.83. The lowest BCUT2D eigenvalue weighted by Crippen LogP contribution is -2.39. The standard InChI is InChI=1S/C20H30N6O2/c1-21-19(23-13-8-16-28-17-9-3-2-4-10-17)22-12-7-15-26-20(27)25-14-6-5-11-18(25)24-26/h2-4,9-10H,5-8,11-16H2,1H3,(H2,21,22,23). The number of fused-ring (bicyclic) bond motifs is 1. The van der Waals surface area contributed by atoms with Gasteiger partial charge in [-0.05, 0) is 37.8 Å². The highest BCUT2D eigenvalue weighted by molar-refractivity contribution is 5.79. The van der Waals surface area contributed by atoms with Crippen molar-refractivity contribution in [2.45, 2.75) is 45.2 Å². The Balaban J connectivity index is 1.30. The minimum absolute atomic E-state index is 0.0237. The van der Waals surface area contributed by atoms with Crippen LogP contribution >= 0.6 is 0 Å². The summed E-state index contributed by atoms with van der Waals surface area (Å²) in [5.74, 6) is 2.58. The van der Waals surface area contributed by atoms with Gasteiger partial charge in [0.25, 0.3) is 0 Å². The lowest BCUT2D eigenvalue weighted by Gasteiger charge is -2.12. The average Bonchev–Trinajstić information content (AvgIpc) is 3.06. The van der Waals surface area contributed by atoms with Crippen LogP contribution in [0.4, 0.5) is 0 Å². The summed E-state index contributed by atoms with van der Waals surface area (Å²) in [7, 11) is 1.75. The first kappa shape index (κ1) is 20.0. The molecule has 0 atom stereocenters. The number of ether oxygens (including phenoxy) is 1. The van der Waals surface area contributed by atoms with Crippen molar-refractivity contribution in [3.63, 3.8) is 0 Å². The number of hydrogen-bond donors (Lipinski definition) is 2. The zero-order valence-electron chi connectivity index (χ0n) is 16.6. The van der Waals surface area contributed by atoms with Crippen molar-refractivity contribution >= 4 is 5.96 Å². The van der Waals surface area contributed by atoms with E-state index in [1.807, 2.05) is 34.9 Å². The zero-order chi connectivity index (χ0) is 19.6. The maximum atomic E-state index is 12.3. The Hall–Kier alpha value is -2.77. The van der Waals surface area contributed by atoms with E-state index in [4.69, 9.17) is 4.74 Å². The van der Waals surface area contributed by atoms with E-state index >= 15 is 0 Å². The minimum Gasteiger partial charge on any atom is -0.494 e. The van der Waals surface area contributed by atoms with Gasteiger partial charge >= 0.3 is 5.69 Å². The first-order valence-electron chi connectivity index (χ1n) is 10.1. The largest absolute Gasteiger partial charge is 0.494 e. The Morgan fingerprint density at radius 1 is 1.18 bits per heavy atom. The van der Waals surface area contributed by atoms with E-state index in [1.165, 1.54) is 0 Å². The molecule has 0 spiro atoms. The third-order valence-electron chi connectivity index (χ3n) is 4.72. The SMILES string of the molecule is CN=C(NCCCOc1ccccc1)NCCCn1nc2n(c1=O)CCCC2. The molecule has 0 amide bonds. The molecule has 1 aliphatic rings. The van der Waals surface area contributed by atoms with Crippen molar-refractivity contribution in [2.24, 2.45) is 4.99 Å². The van der Waals surface area contributed by atoms with Gasteiger partial charge in [0.15, 0.2) is 5.96 Å². The van der Waals surface area contributed by atoms with E-state index in [1.54, 1.807) is 11.7 Å². The summed E-state index contributed by atoms with van der Waals surface area (Å²) >= 11 is 0. The molecule has 2 aromatic rings. The fraction of sp³-hybridized carbons (Fsp3) is 0.550. The Morgan fingerprint density at radius 2 is 1.96 bits per heavy atom. The average molecular weight is 387 g/mol. The monoisotopic (exact) mass is 386 g/mol. The lowest BCUT2D eigenvalue weighted by atomic mass is 10.2. The fourth-order valence-corrected chi connectivity index (χ4v) is 3.24. The molecule has 0 radical (unpaired) electrons. The minimum atomic E-state index is 0.0237. The smallest absolute Gasteiger partial charge is 0.345 e. The van der Waals surface area contributed by atoms with Gasteiger partial charge < -0.3 is 15.4 Å². The predicted molar refractivity (Wildman–Crippen MR) is 110 cm³/mol. The van der Waals surface area contributed by atoms with Crippen LogP contribution in [-0.2, 0) is 19.5 Å². The first-order chi connectivity index (χ1) is 13.8. The molecule has 0 fully saturated rings. The molecule has 0 unspecified atom stereocenters. The van der Waals surface area contributed by atoms with Crippen LogP contribution in [0.25, 0.3) is 0 Å². The number of aromatic nitrogens is 3. The molecule has 1 aromatic carbocycles. The van der Waals surface area contributed by atoms with Crippen molar-refractivity contribution in [2.75, 3.05) is 26.7 Å². The highest BCUT2D eigenvalue weighted by atomic mass is 16.5. The highest BCUT2D eigenvalue weighted by Crippen LogP contribution is 2.09. The predicted octanol–water partition coefficient (Wildman–Crippen LogP) is 1.41. The van der Waals surface area contributed by atoms with E-state index in [0.717, 1.165) is 69.3 Å². The van der Waals surface area contributed by atoms with Gasteiger partial charge in [0.2, 0.25) is 0 Å². The van der Waals surface area contributed by atoms with Gasteiger partial charge in [-0.1, -0.05) is 18.2 Å². The zero-order valence-corrected chi connectivity index (χ0v) is 16.6. The first-order valence-corrected chi connectivity index (χ1v) is 10.1. The van der Waals surface area contributed by atoms with E-state index in [9.17, 15) is 4.79 Å². The van der Waals surface area contributed by atoms with Gasteiger partial charge in [0.1, 0.15) is 11.6 Å². The lowest BCUT2D eigenvalue weighted by molar-refractivity contribution is 0.311. The Kier molecular flexibility index (Phi) is 7.52. The van der Waals surface area contributed by atoms with Crippen LogP contribution in [-0.4, -0.2) is 47.1 Å². The quantitative estimate of drug-likeness (QED) is 0.387. The van der Waals surface area contributed by atoms with Crippen LogP contribution in [0.5, 0.6) is 5.75 Å². The van der Waals surface area contributed by atoms with Crippen LogP contribution in [0, 0.1) is 0 Å². The molecule has 152 valence electrons. The van der Waals surface area contributed by atoms with Gasteiger partial charge in [0.05, 0.1) is 6.61 Å². The molecule has 1 aromatic heterocycles. The summed E-state index contributed by atoms with van der Waals surface area (Å²) < 4.78 is 9.08. The third kappa shape index (κ3) is 5.61. The van der Waals surface area contributed by atoms with Gasteiger partial charge in [-0.25, -0.2) is 9.48 Å². The van der Waals surface area contributed by atoms with Crippen molar-refractivity contribution in [3.05, 3.63) is 46.6 Å². The second kappa shape index (κ2) is 10.5. The number of aliphatic imine (C=N–C) groups is 1. The number of nitrogens with zero attached hydrogens (tertiary/aromatic N) is 4. The molecule has 0 bridgehead atoms. The van der Waals surface area contributed by atoms with Crippen molar-refractivity contribution in [3.8, 4) is 5.75 Å². The maximum absolute atomic E-state index is 12.3. The number of para-hydroxylation sites is 1. The van der Waals surface area contributed by atoms with Crippen LogP contribution in [0.1, 0.15) is 31.5 Å². The number of aryl methyl sites for hydroxylation is 2. The number of nitrogens with one attached hydrogen (secondary N) is 2. The van der Waals surface area contributed by atoms with Crippen LogP contribution in [0.2, 0.25) is 0 Å². The van der Waals surface area contributed by atoms with Gasteiger partial charge in [-0.15, -0.1) is 0 Å². The Labute approximate surface area is 165 Å². The molecule has 0 saturated heterocycles. The van der Waals surface area contributed by atoms with Crippen LogP contribution < -0.4 is 21.1 Å². The van der Waals surface area contributed by atoms with E-state index in [0.29, 0.717) is 13.2 Å². The van der Waals surface area contributed by atoms with Crippen LogP contribution in [0.15, 0.2) is 40.1 Å². The normalized spacial score (nSPS) is 13.8. The maximum Gasteiger partial charge on any atom is 0.345 e. The van der Waals surface area contributed by atoms with E-state index in [-0.39, 0.29) is 5.69 Å². The number of benzene rings is 1. The van der Waals surface area contributed by atoms with Gasteiger partial charge in [0, 0.05) is 39.6 Å². The fourth-order valence-electron chi connectivity index (χ4n) is 3.24. The molecule has 2 N–H and O–H groups in total. The molecule has 2 heterocycles. The van der Waals surface area contributed by atoms with Crippen molar-refractivity contribution in [1.82, 2.24) is 25.0 Å². The summed E-state index contributed by atoms with van der Waals surface area (Å²) in [6.45, 7) is 3.58. The molecule has 8 heteroatoms. The summed E-state index contributed by atoms with van der Waals surface area (Å²) in [5.41, 5.74) is 0.0237. The molecule has 0 saturated carbocycles. The van der Waals surface area contributed by atoms with Crippen molar-refractivity contribution in [1.29, 1.82) is 0 Å². The number of guanidine groups is 1. The van der Waals surface area contributed by atoms with Crippen molar-refractivity contribution < 1.29 is 4.74 Å². The van der Waals surface area contributed by atoms with Crippen LogP contribution in [0.3, 0.4) is 0 Å². The second-order valence-electron chi connectivity index (χ2n) is 6.83. The van der Waals surface area contributed by atoms with Gasteiger partial charge in [-0.2, -0.15) is 5.10 Å². The molecular weight excluding hydrogens is 356 g/mol. The molecule has 3 rings (SSSR count). The number of hydrogen-bond acceptors (Lipinski definition) is 4. The highest BCUT2D eigenvalue weighted by Gasteiger charge is 2.16. The topological polar surface area (TPSA) is 85.5 Å². The summed E-state index contributed by atoms with van der Waals surface area (Å²) in [5, 5.41) is 11.0. The van der Waals surface area contributed by atoms with E-state index < -0.39 is 0 Å². The number of rotatable bonds is 9. The molecule has 28 heavy (non-hydrogen) atoms. The Bertz CT molecular complexity index is 812. The molecule has 0 aliphatic carbocycles. The molecule has 8 nitrogen and oxygen atoms in total. The summed E-state index contributed by atoms with van der Waals surface area (Å²) in [6.07, 6.45) is 4.79.